The summed E-state index contributed by atoms with van der Waals surface area (Å²) in [7, 11) is 1.44. The molecule has 116 valence electrons. The third kappa shape index (κ3) is 5.50. The highest BCUT2D eigenvalue weighted by molar-refractivity contribution is 5.72. The maximum Gasteiger partial charge on any atom is 0.309 e. The number of carbonyl (C=O) groups excluding carboxylic acids is 1. The molecule has 3 heteroatoms. The molecule has 0 aromatic heterocycles. The molecule has 21 heavy (non-hydrogen) atoms. The van der Waals surface area contributed by atoms with Crippen LogP contribution in [0.25, 0.3) is 0 Å². The minimum atomic E-state index is -0.177. The number of methoxy groups -OCH3 is 1. The molecule has 1 aliphatic rings. The normalized spacial score (nSPS) is 15.3. The van der Waals surface area contributed by atoms with Crippen LogP contribution in [0.4, 0.5) is 0 Å². The van der Waals surface area contributed by atoms with Crippen LogP contribution < -0.4 is 5.32 Å². The zero-order chi connectivity index (χ0) is 14.9. The van der Waals surface area contributed by atoms with Crippen molar-refractivity contribution in [2.75, 3.05) is 13.7 Å². The van der Waals surface area contributed by atoms with Crippen molar-refractivity contribution in [1.29, 1.82) is 0 Å². The van der Waals surface area contributed by atoms with Crippen molar-refractivity contribution < 1.29 is 9.53 Å². The highest BCUT2D eigenvalue weighted by Gasteiger charge is 2.14. The molecule has 1 aromatic rings. The summed E-state index contributed by atoms with van der Waals surface area (Å²) < 4.78 is 4.75. The number of ether oxygens (including phenoxy) is 1. The van der Waals surface area contributed by atoms with Crippen molar-refractivity contribution in [2.24, 2.45) is 5.92 Å². The first-order chi connectivity index (χ1) is 10.3. The Balaban J connectivity index is 1.70. The van der Waals surface area contributed by atoms with E-state index in [9.17, 15) is 4.79 Å². The Labute approximate surface area is 128 Å². The quantitative estimate of drug-likeness (QED) is 0.588. The maximum atomic E-state index is 11.4. The van der Waals surface area contributed by atoms with Crippen LogP contribution >= 0.6 is 0 Å². The van der Waals surface area contributed by atoms with E-state index >= 15 is 0 Å². The summed E-state index contributed by atoms with van der Waals surface area (Å²) in [4.78, 5) is 11.4. The Hall–Kier alpha value is -1.35. The van der Waals surface area contributed by atoms with Gasteiger partial charge in [0.1, 0.15) is 0 Å². The number of carbonyl (C=O) groups is 1. The second-order valence-electron chi connectivity index (χ2n) is 5.99. The van der Waals surface area contributed by atoms with Gasteiger partial charge in [-0.1, -0.05) is 49.9 Å². The molecule has 0 atom stereocenters. The number of hydrogen-bond donors (Lipinski definition) is 1. The van der Waals surface area contributed by atoms with Gasteiger partial charge in [-0.25, -0.2) is 0 Å². The first-order valence-electron chi connectivity index (χ1n) is 8.14. The third-order valence-electron chi connectivity index (χ3n) is 4.44. The summed E-state index contributed by atoms with van der Waals surface area (Å²) in [6.45, 7) is 1.89. The van der Waals surface area contributed by atoms with Crippen molar-refractivity contribution in [3.05, 3.63) is 35.4 Å². The van der Waals surface area contributed by atoms with Crippen LogP contribution in [0, 0.1) is 5.92 Å². The summed E-state index contributed by atoms with van der Waals surface area (Å²) >= 11 is 0. The van der Waals surface area contributed by atoms with Crippen LogP contribution in [-0.4, -0.2) is 19.6 Å². The maximum absolute atomic E-state index is 11.4. The second-order valence-corrected chi connectivity index (χ2v) is 5.99. The van der Waals surface area contributed by atoms with Crippen molar-refractivity contribution in [2.45, 2.75) is 51.5 Å². The molecule has 0 spiro atoms. The summed E-state index contributed by atoms with van der Waals surface area (Å²) in [6, 6.07) is 8.09. The molecule has 0 bridgehead atoms. The van der Waals surface area contributed by atoms with E-state index in [4.69, 9.17) is 4.74 Å². The lowest BCUT2D eigenvalue weighted by molar-refractivity contribution is -0.139. The summed E-state index contributed by atoms with van der Waals surface area (Å²) in [5.74, 6) is 0.794. The van der Waals surface area contributed by atoms with E-state index in [0.717, 1.165) is 24.6 Å². The predicted octanol–water partition coefficient (Wildman–Crippen LogP) is 3.46. The fraction of sp³-hybridized carbons (Fsp3) is 0.611. The minimum absolute atomic E-state index is 0.177. The summed E-state index contributed by atoms with van der Waals surface area (Å²) in [5.41, 5.74) is 2.26. The Morgan fingerprint density at radius 1 is 1.24 bits per heavy atom. The highest BCUT2D eigenvalue weighted by Crippen LogP contribution is 2.28. The molecule has 1 saturated carbocycles. The Bertz CT molecular complexity index is 439. The van der Waals surface area contributed by atoms with Gasteiger partial charge in [0.15, 0.2) is 0 Å². The van der Waals surface area contributed by atoms with Crippen molar-refractivity contribution in [3.8, 4) is 0 Å². The van der Waals surface area contributed by atoms with Crippen LogP contribution in [0.5, 0.6) is 0 Å². The molecule has 0 radical (unpaired) electrons. The number of esters is 1. The van der Waals surface area contributed by atoms with Crippen LogP contribution in [-0.2, 0) is 22.5 Å². The Kier molecular flexibility index (Phi) is 6.74. The Morgan fingerprint density at radius 3 is 2.67 bits per heavy atom. The largest absolute Gasteiger partial charge is 0.469 e. The van der Waals surface area contributed by atoms with E-state index in [-0.39, 0.29) is 5.97 Å². The topological polar surface area (TPSA) is 38.3 Å². The zero-order valence-corrected chi connectivity index (χ0v) is 13.1. The van der Waals surface area contributed by atoms with Gasteiger partial charge in [0.25, 0.3) is 0 Å². The SMILES string of the molecule is COC(=O)Cc1ccccc1CNCCCC1CCCC1. The van der Waals surface area contributed by atoms with E-state index in [1.807, 2.05) is 18.2 Å². The Morgan fingerprint density at radius 2 is 1.95 bits per heavy atom. The van der Waals surface area contributed by atoms with Gasteiger partial charge < -0.3 is 10.1 Å². The minimum Gasteiger partial charge on any atom is -0.469 e. The van der Waals surface area contributed by atoms with Crippen LogP contribution in [0.2, 0.25) is 0 Å². The van der Waals surface area contributed by atoms with E-state index in [0.29, 0.717) is 6.42 Å². The lowest BCUT2D eigenvalue weighted by Gasteiger charge is -2.11. The number of benzene rings is 1. The smallest absolute Gasteiger partial charge is 0.309 e. The van der Waals surface area contributed by atoms with Crippen molar-refractivity contribution in [1.82, 2.24) is 5.32 Å². The van der Waals surface area contributed by atoms with Gasteiger partial charge in [0, 0.05) is 6.54 Å². The van der Waals surface area contributed by atoms with E-state index in [1.165, 1.54) is 51.2 Å². The molecule has 1 N–H and O–H groups in total. The van der Waals surface area contributed by atoms with E-state index < -0.39 is 0 Å². The molecule has 1 fully saturated rings. The second kappa shape index (κ2) is 8.83. The van der Waals surface area contributed by atoms with Gasteiger partial charge in [-0.15, -0.1) is 0 Å². The molecular formula is C18H27NO2. The molecule has 0 amide bonds. The average molecular weight is 289 g/mol. The molecule has 0 heterocycles. The van der Waals surface area contributed by atoms with Gasteiger partial charge in [-0.3, -0.25) is 4.79 Å². The molecule has 0 saturated heterocycles. The lowest BCUT2D eigenvalue weighted by atomic mass is 10.0. The van der Waals surface area contributed by atoms with Gasteiger partial charge in [-0.2, -0.15) is 0 Å². The van der Waals surface area contributed by atoms with Crippen molar-refractivity contribution >= 4 is 5.97 Å². The monoisotopic (exact) mass is 289 g/mol. The molecule has 3 nitrogen and oxygen atoms in total. The number of rotatable bonds is 8. The molecular weight excluding hydrogens is 262 g/mol. The molecule has 2 rings (SSSR count). The zero-order valence-electron chi connectivity index (χ0n) is 13.1. The standard InChI is InChI=1S/C18H27NO2/c1-21-18(20)13-16-10-4-5-11-17(16)14-19-12-6-9-15-7-2-3-8-15/h4-5,10-11,15,19H,2-3,6-9,12-14H2,1H3. The van der Waals surface area contributed by atoms with Gasteiger partial charge in [-0.05, 0) is 36.4 Å². The summed E-state index contributed by atoms with van der Waals surface area (Å²) in [6.07, 6.45) is 8.69. The number of hydrogen-bond acceptors (Lipinski definition) is 3. The van der Waals surface area contributed by atoms with Crippen LogP contribution in [0.3, 0.4) is 0 Å². The lowest BCUT2D eigenvalue weighted by Crippen LogP contribution is -2.17. The summed E-state index contributed by atoms with van der Waals surface area (Å²) in [5, 5.41) is 3.51. The van der Waals surface area contributed by atoms with Crippen LogP contribution in [0.1, 0.15) is 49.7 Å². The molecule has 1 aromatic carbocycles. The number of nitrogens with one attached hydrogen (secondary N) is 1. The first kappa shape index (κ1) is 16.0. The van der Waals surface area contributed by atoms with Gasteiger partial charge >= 0.3 is 5.97 Å². The van der Waals surface area contributed by atoms with E-state index in [1.54, 1.807) is 0 Å². The van der Waals surface area contributed by atoms with Gasteiger partial charge in [0.05, 0.1) is 13.5 Å². The van der Waals surface area contributed by atoms with Crippen LogP contribution in [0.15, 0.2) is 24.3 Å². The van der Waals surface area contributed by atoms with E-state index in [2.05, 4.69) is 11.4 Å². The average Bonchev–Trinajstić information content (AvgIpc) is 3.01. The fourth-order valence-electron chi connectivity index (χ4n) is 3.17. The first-order valence-corrected chi connectivity index (χ1v) is 8.14. The predicted molar refractivity (Wildman–Crippen MR) is 85.1 cm³/mol. The third-order valence-corrected chi connectivity index (χ3v) is 4.44. The molecule has 0 unspecified atom stereocenters. The molecule has 1 aliphatic carbocycles. The van der Waals surface area contributed by atoms with Crippen molar-refractivity contribution in [3.63, 3.8) is 0 Å². The fourth-order valence-corrected chi connectivity index (χ4v) is 3.17. The van der Waals surface area contributed by atoms with Gasteiger partial charge in [0.2, 0.25) is 0 Å². The molecule has 0 aliphatic heterocycles. The highest BCUT2D eigenvalue weighted by atomic mass is 16.5.